The van der Waals surface area contributed by atoms with Crippen LogP contribution in [-0.4, -0.2) is 30.7 Å². The number of aryl methyl sites for hydroxylation is 1. The minimum absolute atomic E-state index is 0.140. The van der Waals surface area contributed by atoms with Gasteiger partial charge in [-0.05, 0) is 50.4 Å². The van der Waals surface area contributed by atoms with Crippen molar-refractivity contribution < 1.29 is 23.1 Å². The van der Waals surface area contributed by atoms with Crippen LogP contribution >= 0.6 is 0 Å². The van der Waals surface area contributed by atoms with Crippen molar-refractivity contribution in [2.45, 2.75) is 84.2 Å². The van der Waals surface area contributed by atoms with Crippen LogP contribution in [0.4, 0.5) is 18.9 Å². The van der Waals surface area contributed by atoms with Gasteiger partial charge in [-0.1, -0.05) is 57.9 Å². The Morgan fingerprint density at radius 2 is 1.77 bits per heavy atom. The lowest BCUT2D eigenvalue weighted by atomic mass is 10.0. The van der Waals surface area contributed by atoms with Crippen molar-refractivity contribution in [2.75, 3.05) is 25.0 Å². The average Bonchev–Trinajstić information content (AvgIpc) is 2.74. The Bertz CT molecular complexity index is 630. The largest absolute Gasteiger partial charge is 0.481 e. The molecule has 0 aromatic heterocycles. The highest BCUT2D eigenvalue weighted by molar-refractivity contribution is 5.70. The van der Waals surface area contributed by atoms with E-state index in [1.807, 2.05) is 0 Å². The molecule has 1 aliphatic rings. The van der Waals surface area contributed by atoms with Gasteiger partial charge in [0.05, 0.1) is 11.5 Å². The van der Waals surface area contributed by atoms with Crippen LogP contribution in [0.15, 0.2) is 18.2 Å². The molecule has 3 N–H and O–H groups in total. The highest BCUT2D eigenvalue weighted by Gasteiger charge is 2.32. The molecule has 1 saturated heterocycles. The molecule has 31 heavy (non-hydrogen) atoms. The Kier molecular flexibility index (Phi) is 13.3. The van der Waals surface area contributed by atoms with Crippen LogP contribution in [0.25, 0.3) is 0 Å². The van der Waals surface area contributed by atoms with E-state index >= 15 is 0 Å². The Balaban J connectivity index is 0.000000442. The zero-order chi connectivity index (χ0) is 23.1. The van der Waals surface area contributed by atoms with E-state index in [1.54, 1.807) is 6.07 Å². The van der Waals surface area contributed by atoms with Crippen molar-refractivity contribution in [1.29, 1.82) is 0 Å². The molecule has 4 nitrogen and oxygen atoms in total. The van der Waals surface area contributed by atoms with Crippen LogP contribution in [0.3, 0.4) is 0 Å². The van der Waals surface area contributed by atoms with Gasteiger partial charge in [-0.15, -0.1) is 0 Å². The Morgan fingerprint density at radius 1 is 1.13 bits per heavy atom. The number of halogens is 3. The van der Waals surface area contributed by atoms with Gasteiger partial charge in [0.25, 0.3) is 0 Å². The summed E-state index contributed by atoms with van der Waals surface area (Å²) in [6.45, 7) is 6.06. The van der Waals surface area contributed by atoms with Crippen molar-refractivity contribution in [3.05, 3.63) is 29.3 Å². The van der Waals surface area contributed by atoms with Crippen LogP contribution in [0, 0.1) is 12.8 Å². The Morgan fingerprint density at radius 3 is 2.29 bits per heavy atom. The van der Waals surface area contributed by atoms with Crippen LogP contribution in [0.1, 0.15) is 82.3 Å². The number of rotatable bonds is 11. The number of alkyl halides is 3. The summed E-state index contributed by atoms with van der Waals surface area (Å²) in [5, 5.41) is 14.6. The molecule has 178 valence electrons. The second-order valence-corrected chi connectivity index (χ2v) is 8.31. The van der Waals surface area contributed by atoms with Gasteiger partial charge in [0, 0.05) is 18.8 Å². The first-order valence-electron chi connectivity index (χ1n) is 11.6. The highest BCUT2D eigenvalue weighted by Crippen LogP contribution is 2.33. The minimum Gasteiger partial charge on any atom is -0.481 e. The molecular weight excluding hydrogens is 405 g/mol. The van der Waals surface area contributed by atoms with Crippen molar-refractivity contribution in [3.63, 3.8) is 0 Å². The van der Waals surface area contributed by atoms with E-state index in [2.05, 4.69) is 17.6 Å². The Labute approximate surface area is 185 Å². The molecule has 7 heteroatoms. The molecule has 0 radical (unpaired) electrons. The van der Waals surface area contributed by atoms with Gasteiger partial charge >= 0.3 is 12.1 Å². The number of piperidine rings is 1. The van der Waals surface area contributed by atoms with E-state index in [1.165, 1.54) is 57.6 Å². The van der Waals surface area contributed by atoms with Gasteiger partial charge in [-0.2, -0.15) is 13.2 Å². The number of carbonyl (C=O) groups is 1. The lowest BCUT2D eigenvalue weighted by molar-refractivity contribution is -0.142. The average molecular weight is 445 g/mol. The number of aliphatic carboxylic acids is 1. The maximum absolute atomic E-state index is 12.8. The van der Waals surface area contributed by atoms with Crippen LogP contribution in [0.5, 0.6) is 0 Å². The third-order valence-corrected chi connectivity index (χ3v) is 5.55. The van der Waals surface area contributed by atoms with Gasteiger partial charge < -0.3 is 15.7 Å². The molecule has 1 aromatic carbocycles. The van der Waals surface area contributed by atoms with Gasteiger partial charge in [0.2, 0.25) is 0 Å². The molecule has 0 saturated carbocycles. The van der Waals surface area contributed by atoms with Crippen molar-refractivity contribution in [2.24, 2.45) is 5.92 Å². The summed E-state index contributed by atoms with van der Waals surface area (Å²) in [6.07, 6.45) is 7.37. The summed E-state index contributed by atoms with van der Waals surface area (Å²) in [4.78, 5) is 10.3. The summed E-state index contributed by atoms with van der Waals surface area (Å²) in [5.41, 5.74) is 0.277. The molecule has 1 fully saturated rings. The van der Waals surface area contributed by atoms with E-state index in [4.69, 9.17) is 5.11 Å². The molecule has 2 rings (SSSR count). The van der Waals surface area contributed by atoms with Gasteiger partial charge in [-0.3, -0.25) is 4.79 Å². The number of unbranched alkanes of at least 4 members (excludes halogenated alkanes) is 7. The van der Waals surface area contributed by atoms with Crippen molar-refractivity contribution in [1.82, 2.24) is 5.32 Å². The lowest BCUT2D eigenvalue weighted by Gasteiger charge is -2.18. The smallest absolute Gasteiger partial charge is 0.416 e. The van der Waals surface area contributed by atoms with Crippen molar-refractivity contribution >= 4 is 11.7 Å². The topological polar surface area (TPSA) is 61.4 Å². The van der Waals surface area contributed by atoms with E-state index in [0.29, 0.717) is 12.2 Å². The standard InChI is InChI=1S/C18H28F3N.C6H11NO2/c1-3-4-5-6-7-8-9-10-13-22-16-12-11-15(2)17(14-16)18(19,20)21;8-6(9)5-2-1-3-7-4-5/h11-12,14,22H,3-10,13H2,1-2H3;5,7H,1-4H2,(H,8,9). The quantitative estimate of drug-likeness (QED) is 0.335. The predicted molar refractivity (Wildman–Crippen MR) is 121 cm³/mol. The predicted octanol–water partition coefficient (Wildman–Crippen LogP) is 6.64. The SMILES string of the molecule is CCCCCCCCCCNc1ccc(C)c(C(F)(F)F)c1.O=C(O)C1CCCNC1. The monoisotopic (exact) mass is 444 g/mol. The fourth-order valence-corrected chi connectivity index (χ4v) is 3.59. The first kappa shape index (κ1) is 27.3. The van der Waals surface area contributed by atoms with E-state index in [0.717, 1.165) is 38.8 Å². The molecule has 0 bridgehead atoms. The summed E-state index contributed by atoms with van der Waals surface area (Å²) >= 11 is 0. The van der Waals surface area contributed by atoms with Crippen LogP contribution < -0.4 is 10.6 Å². The molecule has 0 amide bonds. The third kappa shape index (κ3) is 12.0. The van der Waals surface area contributed by atoms with Gasteiger partial charge in [0.15, 0.2) is 0 Å². The van der Waals surface area contributed by atoms with Crippen LogP contribution in [-0.2, 0) is 11.0 Å². The number of hydrogen-bond acceptors (Lipinski definition) is 3. The number of hydrogen-bond donors (Lipinski definition) is 3. The molecule has 1 unspecified atom stereocenters. The van der Waals surface area contributed by atoms with Crippen LogP contribution in [0.2, 0.25) is 0 Å². The second-order valence-electron chi connectivity index (χ2n) is 8.31. The third-order valence-electron chi connectivity index (χ3n) is 5.55. The molecule has 0 aliphatic carbocycles. The zero-order valence-corrected chi connectivity index (χ0v) is 19.0. The summed E-state index contributed by atoms with van der Waals surface area (Å²) in [5.74, 6) is -0.805. The maximum Gasteiger partial charge on any atom is 0.416 e. The first-order chi connectivity index (χ1) is 14.8. The highest BCUT2D eigenvalue weighted by atomic mass is 19.4. The molecule has 1 atom stereocenters. The number of benzene rings is 1. The summed E-state index contributed by atoms with van der Waals surface area (Å²) in [7, 11) is 0. The summed E-state index contributed by atoms with van der Waals surface area (Å²) in [6, 6.07) is 4.45. The van der Waals surface area contributed by atoms with E-state index in [-0.39, 0.29) is 11.5 Å². The molecule has 1 heterocycles. The fourth-order valence-electron chi connectivity index (χ4n) is 3.59. The normalized spacial score (nSPS) is 16.4. The van der Waals surface area contributed by atoms with Crippen molar-refractivity contribution in [3.8, 4) is 0 Å². The first-order valence-corrected chi connectivity index (χ1v) is 11.6. The number of nitrogens with one attached hydrogen (secondary N) is 2. The van der Waals surface area contributed by atoms with E-state index < -0.39 is 17.7 Å². The Hall–Kier alpha value is -1.76. The number of carboxylic acid groups (broad SMARTS) is 1. The van der Waals surface area contributed by atoms with Gasteiger partial charge in [-0.25, -0.2) is 0 Å². The molecule has 0 spiro atoms. The number of carboxylic acids is 1. The molecular formula is C24H39F3N2O2. The minimum atomic E-state index is -4.28. The summed E-state index contributed by atoms with van der Waals surface area (Å²) < 4.78 is 38.5. The lowest BCUT2D eigenvalue weighted by Crippen LogP contribution is -2.34. The maximum atomic E-state index is 12.8. The fraction of sp³-hybridized carbons (Fsp3) is 0.708. The van der Waals surface area contributed by atoms with Gasteiger partial charge in [0.1, 0.15) is 0 Å². The zero-order valence-electron chi connectivity index (χ0n) is 19.0. The molecule has 1 aromatic rings. The molecule has 1 aliphatic heterocycles. The number of anilines is 1. The second kappa shape index (κ2) is 15.1. The van der Waals surface area contributed by atoms with E-state index in [9.17, 15) is 18.0 Å².